The molecule has 0 saturated heterocycles. The van der Waals surface area contributed by atoms with E-state index < -0.39 is 11.8 Å². The van der Waals surface area contributed by atoms with E-state index in [0.717, 1.165) is 0 Å². The van der Waals surface area contributed by atoms with Crippen LogP contribution in [0.1, 0.15) is 18.1 Å². The van der Waals surface area contributed by atoms with Gasteiger partial charge in [0, 0.05) is 11.6 Å². The van der Waals surface area contributed by atoms with Crippen molar-refractivity contribution in [3.8, 4) is 5.75 Å². The zero-order valence-electron chi connectivity index (χ0n) is 9.76. The summed E-state index contributed by atoms with van der Waals surface area (Å²) in [6.45, 7) is 1.98. The number of ether oxygens (including phenoxy) is 2. The first-order valence-electron chi connectivity index (χ1n) is 5.19. The molecule has 17 heavy (non-hydrogen) atoms. The third-order valence-corrected chi connectivity index (χ3v) is 2.52. The Bertz CT molecular complexity index is 407. The van der Waals surface area contributed by atoms with E-state index in [1.165, 1.54) is 19.2 Å². The molecule has 0 aromatic heterocycles. The molecule has 94 valence electrons. The van der Waals surface area contributed by atoms with Gasteiger partial charge in [-0.05, 0) is 18.6 Å². The van der Waals surface area contributed by atoms with Crippen molar-refractivity contribution in [3.05, 3.63) is 29.1 Å². The minimum absolute atomic E-state index is 0.104. The molecule has 1 aromatic carbocycles. The van der Waals surface area contributed by atoms with E-state index in [2.05, 4.69) is 0 Å². The van der Waals surface area contributed by atoms with Gasteiger partial charge in [-0.1, -0.05) is 0 Å². The second-order valence-electron chi connectivity index (χ2n) is 3.37. The number of esters is 1. The van der Waals surface area contributed by atoms with Crippen LogP contribution in [0.25, 0.3) is 0 Å². The van der Waals surface area contributed by atoms with Gasteiger partial charge in [0.1, 0.15) is 11.6 Å². The molecule has 0 unspecified atom stereocenters. The second-order valence-corrected chi connectivity index (χ2v) is 3.64. The van der Waals surface area contributed by atoms with Crippen molar-refractivity contribution in [3.63, 3.8) is 0 Å². The normalized spacial score (nSPS) is 10.1. The molecule has 0 saturated carbocycles. The standard InChI is InChI=1S/C12H14ClFO3/c1-3-17-12(15)5-8-4-9(7-13)11(16-2)6-10(8)14/h4,6H,3,5,7H2,1-2H3. The van der Waals surface area contributed by atoms with Crippen molar-refractivity contribution in [2.45, 2.75) is 19.2 Å². The highest BCUT2D eigenvalue weighted by molar-refractivity contribution is 6.17. The van der Waals surface area contributed by atoms with Crippen molar-refractivity contribution in [2.75, 3.05) is 13.7 Å². The van der Waals surface area contributed by atoms with Crippen LogP contribution in [0.5, 0.6) is 5.75 Å². The highest BCUT2D eigenvalue weighted by Gasteiger charge is 2.13. The van der Waals surface area contributed by atoms with Crippen molar-refractivity contribution in [1.82, 2.24) is 0 Å². The molecule has 5 heteroatoms. The maximum atomic E-state index is 13.6. The topological polar surface area (TPSA) is 35.5 Å². The molecule has 0 aliphatic carbocycles. The van der Waals surface area contributed by atoms with Gasteiger partial charge in [-0.2, -0.15) is 0 Å². The van der Waals surface area contributed by atoms with Gasteiger partial charge in [-0.3, -0.25) is 4.79 Å². The van der Waals surface area contributed by atoms with Gasteiger partial charge in [0.2, 0.25) is 0 Å². The van der Waals surface area contributed by atoms with Crippen molar-refractivity contribution in [1.29, 1.82) is 0 Å². The number of halogens is 2. The maximum Gasteiger partial charge on any atom is 0.310 e. The van der Waals surface area contributed by atoms with Crippen LogP contribution in [0, 0.1) is 5.82 Å². The molecule has 0 heterocycles. The predicted molar refractivity (Wildman–Crippen MR) is 62.8 cm³/mol. The van der Waals surface area contributed by atoms with E-state index >= 15 is 0 Å². The first-order chi connectivity index (χ1) is 8.12. The highest BCUT2D eigenvalue weighted by Crippen LogP contribution is 2.24. The highest BCUT2D eigenvalue weighted by atomic mass is 35.5. The fraction of sp³-hybridized carbons (Fsp3) is 0.417. The first-order valence-corrected chi connectivity index (χ1v) is 5.72. The summed E-state index contributed by atoms with van der Waals surface area (Å²) in [7, 11) is 1.44. The fourth-order valence-electron chi connectivity index (χ4n) is 1.45. The Kier molecular flexibility index (Phi) is 5.22. The van der Waals surface area contributed by atoms with Crippen molar-refractivity contribution in [2.24, 2.45) is 0 Å². The number of rotatable bonds is 5. The maximum absolute atomic E-state index is 13.6. The van der Waals surface area contributed by atoms with Crippen LogP contribution in [0.4, 0.5) is 4.39 Å². The van der Waals surface area contributed by atoms with Crippen molar-refractivity contribution < 1.29 is 18.7 Å². The lowest BCUT2D eigenvalue weighted by atomic mass is 10.1. The summed E-state index contributed by atoms with van der Waals surface area (Å²) in [4.78, 5) is 11.3. The summed E-state index contributed by atoms with van der Waals surface area (Å²) in [5, 5.41) is 0. The molecule has 0 amide bonds. The Morgan fingerprint density at radius 1 is 1.41 bits per heavy atom. The summed E-state index contributed by atoms with van der Waals surface area (Å²) in [6.07, 6.45) is -0.104. The average molecular weight is 261 g/mol. The molecule has 0 radical (unpaired) electrons. The van der Waals surface area contributed by atoms with E-state index in [4.69, 9.17) is 21.1 Å². The van der Waals surface area contributed by atoms with Crippen LogP contribution in [0.3, 0.4) is 0 Å². The molecule has 0 spiro atoms. The third kappa shape index (κ3) is 3.60. The van der Waals surface area contributed by atoms with E-state index in [1.807, 2.05) is 0 Å². The van der Waals surface area contributed by atoms with Gasteiger partial charge in [0.25, 0.3) is 0 Å². The van der Waals surface area contributed by atoms with Crippen molar-refractivity contribution >= 4 is 17.6 Å². The Balaban J connectivity index is 2.96. The number of hydrogen-bond donors (Lipinski definition) is 0. The van der Waals surface area contributed by atoms with Crippen LogP contribution in [-0.2, 0) is 21.8 Å². The van der Waals surface area contributed by atoms with Crippen LogP contribution in [0.2, 0.25) is 0 Å². The van der Waals surface area contributed by atoms with Gasteiger partial charge < -0.3 is 9.47 Å². The molecular formula is C12H14ClFO3. The molecule has 0 aliphatic heterocycles. The monoisotopic (exact) mass is 260 g/mol. The van der Waals surface area contributed by atoms with E-state index in [-0.39, 0.29) is 24.5 Å². The summed E-state index contributed by atoms with van der Waals surface area (Å²) in [6, 6.07) is 2.75. The predicted octanol–water partition coefficient (Wildman–Crippen LogP) is 2.68. The third-order valence-electron chi connectivity index (χ3n) is 2.23. The molecule has 0 fully saturated rings. The number of hydrogen-bond acceptors (Lipinski definition) is 3. The largest absolute Gasteiger partial charge is 0.496 e. The average Bonchev–Trinajstić information content (AvgIpc) is 2.31. The fourth-order valence-corrected chi connectivity index (χ4v) is 1.66. The van der Waals surface area contributed by atoms with E-state index in [0.29, 0.717) is 11.3 Å². The zero-order chi connectivity index (χ0) is 12.8. The molecule has 1 rings (SSSR count). The Hall–Kier alpha value is -1.29. The molecule has 0 atom stereocenters. The number of methoxy groups -OCH3 is 1. The lowest BCUT2D eigenvalue weighted by molar-refractivity contribution is -0.142. The van der Waals surface area contributed by atoms with Gasteiger partial charge in [-0.25, -0.2) is 4.39 Å². The smallest absolute Gasteiger partial charge is 0.310 e. The molecule has 0 bridgehead atoms. The van der Waals surface area contributed by atoms with Gasteiger partial charge >= 0.3 is 5.97 Å². The quantitative estimate of drug-likeness (QED) is 0.603. The Morgan fingerprint density at radius 3 is 2.65 bits per heavy atom. The van der Waals surface area contributed by atoms with E-state index in [9.17, 15) is 9.18 Å². The van der Waals surface area contributed by atoms with Gasteiger partial charge in [0.05, 0.1) is 26.0 Å². The van der Waals surface area contributed by atoms with Crippen LogP contribution in [-0.4, -0.2) is 19.7 Å². The first kappa shape index (κ1) is 13.8. The molecular weight excluding hydrogens is 247 g/mol. The van der Waals surface area contributed by atoms with E-state index in [1.54, 1.807) is 6.92 Å². The lowest BCUT2D eigenvalue weighted by Gasteiger charge is -2.10. The molecule has 1 aromatic rings. The number of benzene rings is 1. The summed E-state index contributed by atoms with van der Waals surface area (Å²) in [5.74, 6) is -0.384. The van der Waals surface area contributed by atoms with Gasteiger partial charge in [-0.15, -0.1) is 11.6 Å². The van der Waals surface area contributed by atoms with Gasteiger partial charge in [0.15, 0.2) is 0 Å². The lowest BCUT2D eigenvalue weighted by Crippen LogP contribution is -2.09. The second kappa shape index (κ2) is 6.45. The zero-order valence-corrected chi connectivity index (χ0v) is 10.5. The Labute approximate surface area is 104 Å². The molecule has 0 aliphatic rings. The number of carbonyl (C=O) groups excluding carboxylic acids is 1. The minimum atomic E-state index is -0.497. The SMILES string of the molecule is CCOC(=O)Cc1cc(CCl)c(OC)cc1F. The molecule has 3 nitrogen and oxygen atoms in total. The summed E-state index contributed by atoms with van der Waals surface area (Å²) >= 11 is 5.71. The molecule has 0 N–H and O–H groups in total. The van der Waals surface area contributed by atoms with Crippen LogP contribution < -0.4 is 4.74 Å². The minimum Gasteiger partial charge on any atom is -0.496 e. The summed E-state index contributed by atoms with van der Waals surface area (Å²) < 4.78 is 23.4. The number of carbonyl (C=O) groups is 1. The summed E-state index contributed by atoms with van der Waals surface area (Å²) in [5.41, 5.74) is 0.912. The Morgan fingerprint density at radius 2 is 2.12 bits per heavy atom. The van der Waals surface area contributed by atoms with Crippen LogP contribution >= 0.6 is 11.6 Å². The number of alkyl halides is 1. The van der Waals surface area contributed by atoms with Crippen LogP contribution in [0.15, 0.2) is 12.1 Å².